The van der Waals surface area contributed by atoms with Crippen molar-refractivity contribution in [3.8, 4) is 11.3 Å². The Bertz CT molecular complexity index is 767. The normalized spacial score (nSPS) is 12.2. The smallest absolute Gasteiger partial charge is 0.416 e. The first-order chi connectivity index (χ1) is 11.0. The number of hydrogen-bond donors (Lipinski definition) is 1. The number of benzene rings is 1. The van der Waals surface area contributed by atoms with Crippen molar-refractivity contribution in [1.82, 2.24) is 4.98 Å². The summed E-state index contributed by atoms with van der Waals surface area (Å²) in [7, 11) is 0. The highest BCUT2D eigenvalue weighted by Crippen LogP contribution is 2.37. The number of halogens is 6. The third-order valence-corrected chi connectivity index (χ3v) is 3.15. The second-order valence-corrected chi connectivity index (χ2v) is 4.83. The first-order valence-electron chi connectivity index (χ1n) is 6.44. The molecule has 1 N–H and O–H groups in total. The van der Waals surface area contributed by atoms with E-state index in [4.69, 9.17) is 5.11 Å². The van der Waals surface area contributed by atoms with Gasteiger partial charge in [0.1, 0.15) is 0 Å². The number of rotatable bonds is 3. The van der Waals surface area contributed by atoms with Gasteiger partial charge < -0.3 is 5.11 Å². The van der Waals surface area contributed by atoms with E-state index in [1.165, 1.54) is 0 Å². The van der Waals surface area contributed by atoms with Gasteiger partial charge in [-0.15, -0.1) is 0 Å². The monoisotopic (exact) mass is 349 g/mol. The van der Waals surface area contributed by atoms with E-state index < -0.39 is 47.1 Å². The van der Waals surface area contributed by atoms with Crippen LogP contribution >= 0.6 is 0 Å². The summed E-state index contributed by atoms with van der Waals surface area (Å²) in [6, 6.07) is 4.14. The van der Waals surface area contributed by atoms with E-state index in [0.717, 1.165) is 24.4 Å². The van der Waals surface area contributed by atoms with Gasteiger partial charge in [-0.25, -0.2) is 0 Å². The number of hydrogen-bond acceptors (Lipinski definition) is 2. The molecule has 128 valence electrons. The zero-order chi connectivity index (χ0) is 18.1. The lowest BCUT2D eigenvalue weighted by atomic mass is 9.97. The summed E-state index contributed by atoms with van der Waals surface area (Å²) in [5.41, 5.74) is -3.69. The Morgan fingerprint density at radius 2 is 1.71 bits per heavy atom. The summed E-state index contributed by atoms with van der Waals surface area (Å²) < 4.78 is 77.5. The predicted molar refractivity (Wildman–Crippen MR) is 71.0 cm³/mol. The van der Waals surface area contributed by atoms with E-state index in [1.807, 2.05) is 0 Å². The van der Waals surface area contributed by atoms with Crippen LogP contribution in [0.3, 0.4) is 0 Å². The number of carbonyl (C=O) groups is 1. The molecule has 9 heteroatoms. The zero-order valence-corrected chi connectivity index (χ0v) is 11.7. The number of aliphatic carboxylic acids is 1. The van der Waals surface area contributed by atoms with Crippen molar-refractivity contribution in [2.45, 2.75) is 18.8 Å². The average molecular weight is 349 g/mol. The standard InChI is InChI=1S/C15H9F6NO2/c16-14(17,18)9-3-1-2-8(6-9)13-10(7-12(23)24)11(4-5-22-13)15(19,20)21/h1-6H,7H2,(H,23,24). The van der Waals surface area contributed by atoms with Gasteiger partial charge in [0, 0.05) is 17.3 Å². The van der Waals surface area contributed by atoms with Gasteiger partial charge in [0.2, 0.25) is 0 Å². The van der Waals surface area contributed by atoms with Crippen molar-refractivity contribution in [2.24, 2.45) is 0 Å². The first-order valence-corrected chi connectivity index (χ1v) is 6.44. The average Bonchev–Trinajstić information content (AvgIpc) is 2.45. The number of alkyl halides is 6. The highest BCUT2D eigenvalue weighted by atomic mass is 19.4. The topological polar surface area (TPSA) is 50.2 Å². The lowest BCUT2D eigenvalue weighted by molar-refractivity contribution is -0.140. The third-order valence-electron chi connectivity index (χ3n) is 3.15. The maximum absolute atomic E-state index is 13.1. The van der Waals surface area contributed by atoms with Crippen molar-refractivity contribution in [2.75, 3.05) is 0 Å². The molecule has 0 unspecified atom stereocenters. The fraction of sp³-hybridized carbons (Fsp3) is 0.200. The summed E-state index contributed by atoms with van der Waals surface area (Å²) in [5, 5.41) is 8.84. The van der Waals surface area contributed by atoms with Crippen LogP contribution in [0.5, 0.6) is 0 Å². The van der Waals surface area contributed by atoms with Crippen LogP contribution in [-0.2, 0) is 23.6 Å². The number of aromatic nitrogens is 1. The lowest BCUT2D eigenvalue weighted by Gasteiger charge is -2.16. The minimum atomic E-state index is -4.86. The van der Waals surface area contributed by atoms with Gasteiger partial charge in [-0.05, 0) is 18.2 Å². The molecule has 0 atom stereocenters. The molecule has 0 radical (unpaired) electrons. The molecule has 1 heterocycles. The Labute approximate surface area is 131 Å². The molecule has 2 aromatic rings. The SMILES string of the molecule is O=C(O)Cc1c(C(F)(F)F)ccnc1-c1cccc(C(F)(F)F)c1. The molecule has 0 saturated heterocycles. The minimum Gasteiger partial charge on any atom is -0.481 e. The van der Waals surface area contributed by atoms with Gasteiger partial charge >= 0.3 is 18.3 Å². The van der Waals surface area contributed by atoms with E-state index in [0.29, 0.717) is 12.1 Å². The van der Waals surface area contributed by atoms with Crippen LogP contribution in [0.25, 0.3) is 11.3 Å². The number of carboxylic acid groups (broad SMARTS) is 1. The van der Waals surface area contributed by atoms with Crippen LogP contribution < -0.4 is 0 Å². The van der Waals surface area contributed by atoms with E-state index in [9.17, 15) is 31.1 Å². The van der Waals surface area contributed by atoms with Gasteiger partial charge in [0.25, 0.3) is 0 Å². The second kappa shape index (κ2) is 6.14. The van der Waals surface area contributed by atoms with Crippen LogP contribution in [0.2, 0.25) is 0 Å². The molecule has 2 rings (SSSR count). The summed E-state index contributed by atoms with van der Waals surface area (Å²) in [5.74, 6) is -1.55. The molecular formula is C15H9F6NO2. The molecule has 0 aliphatic heterocycles. The van der Waals surface area contributed by atoms with Gasteiger partial charge in [-0.3, -0.25) is 9.78 Å². The van der Waals surface area contributed by atoms with Crippen molar-refractivity contribution < 1.29 is 36.2 Å². The maximum atomic E-state index is 13.1. The Morgan fingerprint density at radius 3 is 2.25 bits per heavy atom. The fourth-order valence-electron chi connectivity index (χ4n) is 2.18. The molecular weight excluding hydrogens is 340 g/mol. The molecule has 3 nitrogen and oxygen atoms in total. The van der Waals surface area contributed by atoms with E-state index in [-0.39, 0.29) is 5.56 Å². The number of carboxylic acids is 1. The van der Waals surface area contributed by atoms with Crippen molar-refractivity contribution >= 4 is 5.97 Å². The van der Waals surface area contributed by atoms with Gasteiger partial charge in [-0.2, -0.15) is 26.3 Å². The fourth-order valence-corrected chi connectivity index (χ4v) is 2.18. The third kappa shape index (κ3) is 3.84. The number of pyridine rings is 1. The number of nitrogens with zero attached hydrogens (tertiary/aromatic N) is 1. The van der Waals surface area contributed by atoms with Crippen LogP contribution in [0.15, 0.2) is 36.5 Å². The molecule has 1 aromatic carbocycles. The Morgan fingerprint density at radius 1 is 1.04 bits per heavy atom. The van der Waals surface area contributed by atoms with Crippen molar-refractivity contribution in [1.29, 1.82) is 0 Å². The quantitative estimate of drug-likeness (QED) is 0.835. The van der Waals surface area contributed by atoms with Crippen LogP contribution in [0.1, 0.15) is 16.7 Å². The largest absolute Gasteiger partial charge is 0.481 e. The molecule has 0 bridgehead atoms. The molecule has 0 saturated carbocycles. The highest BCUT2D eigenvalue weighted by molar-refractivity contribution is 5.76. The first kappa shape index (κ1) is 17.8. The maximum Gasteiger partial charge on any atom is 0.416 e. The van der Waals surface area contributed by atoms with Gasteiger partial charge in [-0.1, -0.05) is 12.1 Å². The van der Waals surface area contributed by atoms with E-state index >= 15 is 0 Å². The molecule has 0 aliphatic carbocycles. The Kier molecular flexibility index (Phi) is 4.54. The van der Waals surface area contributed by atoms with E-state index in [2.05, 4.69) is 4.98 Å². The summed E-state index contributed by atoms with van der Waals surface area (Å²) in [6.45, 7) is 0. The zero-order valence-electron chi connectivity index (χ0n) is 11.7. The Hall–Kier alpha value is -2.58. The summed E-state index contributed by atoms with van der Waals surface area (Å²) >= 11 is 0. The van der Waals surface area contributed by atoms with Crippen molar-refractivity contribution in [3.05, 3.63) is 53.2 Å². The summed E-state index contributed by atoms with van der Waals surface area (Å²) in [4.78, 5) is 14.6. The summed E-state index contributed by atoms with van der Waals surface area (Å²) in [6.07, 6.45) is -9.78. The van der Waals surface area contributed by atoms with Crippen molar-refractivity contribution in [3.63, 3.8) is 0 Å². The van der Waals surface area contributed by atoms with Gasteiger partial charge in [0.15, 0.2) is 0 Å². The Balaban J connectivity index is 2.68. The minimum absolute atomic E-state index is 0.243. The van der Waals surface area contributed by atoms with Gasteiger partial charge in [0.05, 0.1) is 23.2 Å². The van der Waals surface area contributed by atoms with Crippen LogP contribution in [0, 0.1) is 0 Å². The molecule has 0 aliphatic rings. The van der Waals surface area contributed by atoms with Crippen LogP contribution in [0.4, 0.5) is 26.3 Å². The molecule has 24 heavy (non-hydrogen) atoms. The lowest BCUT2D eigenvalue weighted by Crippen LogP contribution is -2.14. The van der Waals surface area contributed by atoms with Crippen LogP contribution in [-0.4, -0.2) is 16.1 Å². The predicted octanol–water partition coefficient (Wildman–Crippen LogP) is 4.41. The second-order valence-electron chi connectivity index (χ2n) is 4.83. The molecule has 1 aromatic heterocycles. The highest BCUT2D eigenvalue weighted by Gasteiger charge is 2.36. The molecule has 0 fully saturated rings. The molecule has 0 spiro atoms. The van der Waals surface area contributed by atoms with E-state index in [1.54, 1.807) is 0 Å². The molecule has 0 amide bonds.